The number of nitriles is 1. The molecular formula is C45H33IrN3O-2. The van der Waals surface area contributed by atoms with Crippen molar-refractivity contribution < 1.29 is 24.5 Å². The first-order chi connectivity index (χ1) is 23.9. The third kappa shape index (κ3) is 7.05. The molecule has 0 aliphatic carbocycles. The number of rotatable bonds is 4. The van der Waals surface area contributed by atoms with Crippen LogP contribution in [-0.2, 0) is 25.5 Å². The van der Waals surface area contributed by atoms with Gasteiger partial charge in [0, 0.05) is 43.4 Å². The van der Waals surface area contributed by atoms with Gasteiger partial charge in [-0.05, 0) is 51.2 Å². The van der Waals surface area contributed by atoms with Gasteiger partial charge in [0.1, 0.15) is 5.58 Å². The molecule has 3 heterocycles. The number of fused-ring (bicyclic) bond motifs is 3. The van der Waals surface area contributed by atoms with E-state index < -0.39 is 0 Å². The summed E-state index contributed by atoms with van der Waals surface area (Å²) in [6, 6.07) is 53.0. The van der Waals surface area contributed by atoms with Crippen molar-refractivity contribution in [3.63, 3.8) is 0 Å². The van der Waals surface area contributed by atoms with Crippen molar-refractivity contribution in [3.8, 4) is 50.8 Å². The molecular weight excluding hydrogens is 791 g/mol. The van der Waals surface area contributed by atoms with Crippen LogP contribution in [0.3, 0.4) is 0 Å². The maximum Gasteiger partial charge on any atom is 0.130 e. The number of pyridine rings is 2. The van der Waals surface area contributed by atoms with Crippen LogP contribution in [-0.4, -0.2) is 9.97 Å². The minimum Gasteiger partial charge on any atom is -0.500 e. The Morgan fingerprint density at radius 2 is 1.34 bits per heavy atom. The van der Waals surface area contributed by atoms with Crippen molar-refractivity contribution >= 4 is 21.9 Å². The smallest absolute Gasteiger partial charge is 0.130 e. The zero-order chi connectivity index (χ0) is 33.8. The molecule has 5 heteroatoms. The monoisotopic (exact) mass is 824 g/mol. The van der Waals surface area contributed by atoms with Gasteiger partial charge in [-0.3, -0.25) is 0 Å². The molecule has 0 spiro atoms. The second kappa shape index (κ2) is 14.8. The normalized spacial score (nSPS) is 10.9. The standard InChI is InChI=1S/C30H17N2O.C15H16N.Ir/c31-19-23-16-17-25-24-9-6-10-26(27-11-4-5-18-32-27)29(24)33-30(25)28(23)22-14-12-21(13-15-22)20-7-2-1-3-8-20;1-15(2,3)13-9-10-14(16-11-13)12-7-5-4-6-8-12;/h1-9,11-18H;4-7,9-11H,1-3H3;/q2*-1;. The average Bonchev–Trinajstić information content (AvgIpc) is 3.54. The number of furan rings is 1. The molecule has 0 bridgehead atoms. The zero-order valence-electron chi connectivity index (χ0n) is 27.9. The van der Waals surface area contributed by atoms with E-state index in [1.807, 2.05) is 91.1 Å². The van der Waals surface area contributed by atoms with E-state index in [2.05, 4.69) is 97.5 Å². The minimum atomic E-state index is 0. The fourth-order valence-corrected chi connectivity index (χ4v) is 5.90. The molecule has 8 aromatic rings. The number of nitrogens with zero attached hydrogens (tertiary/aromatic N) is 3. The van der Waals surface area contributed by atoms with Crippen LogP contribution in [0.4, 0.5) is 0 Å². The van der Waals surface area contributed by atoms with Crippen molar-refractivity contribution in [2.75, 3.05) is 0 Å². The van der Waals surface area contributed by atoms with Crippen molar-refractivity contribution in [1.82, 2.24) is 9.97 Å². The average molecular weight is 824 g/mol. The van der Waals surface area contributed by atoms with E-state index in [1.54, 1.807) is 6.20 Å². The number of benzene rings is 5. The second-order valence-electron chi connectivity index (χ2n) is 12.8. The van der Waals surface area contributed by atoms with Crippen LogP contribution < -0.4 is 0 Å². The molecule has 0 saturated heterocycles. The fourth-order valence-electron chi connectivity index (χ4n) is 5.90. The van der Waals surface area contributed by atoms with Gasteiger partial charge in [-0.2, -0.15) is 5.26 Å². The summed E-state index contributed by atoms with van der Waals surface area (Å²) in [5.41, 5.74) is 11.1. The summed E-state index contributed by atoms with van der Waals surface area (Å²) < 4.78 is 6.46. The Bertz CT molecular complexity index is 2390. The summed E-state index contributed by atoms with van der Waals surface area (Å²) in [4.78, 5) is 8.96. The van der Waals surface area contributed by atoms with Crippen molar-refractivity contribution in [2.24, 2.45) is 0 Å². The Morgan fingerprint density at radius 1 is 0.620 bits per heavy atom. The first-order valence-electron chi connectivity index (χ1n) is 16.2. The predicted molar refractivity (Wildman–Crippen MR) is 199 cm³/mol. The Kier molecular flexibility index (Phi) is 10.2. The van der Waals surface area contributed by atoms with Crippen molar-refractivity contribution in [3.05, 3.63) is 169 Å². The summed E-state index contributed by atoms with van der Waals surface area (Å²) in [6.45, 7) is 6.58. The quantitative estimate of drug-likeness (QED) is 0.166. The Morgan fingerprint density at radius 3 is 2.00 bits per heavy atom. The number of hydrogen-bond donors (Lipinski definition) is 0. The van der Waals surface area contributed by atoms with Crippen LogP contribution in [0.2, 0.25) is 0 Å². The van der Waals surface area contributed by atoms with E-state index in [0.717, 1.165) is 61.1 Å². The summed E-state index contributed by atoms with van der Waals surface area (Å²) >= 11 is 0. The maximum atomic E-state index is 9.87. The Balaban J connectivity index is 0.000000215. The zero-order valence-corrected chi connectivity index (χ0v) is 30.3. The summed E-state index contributed by atoms with van der Waals surface area (Å²) in [6.07, 6.45) is 3.72. The topological polar surface area (TPSA) is 62.7 Å². The van der Waals surface area contributed by atoms with Gasteiger partial charge < -0.3 is 14.4 Å². The van der Waals surface area contributed by atoms with Gasteiger partial charge in [0.2, 0.25) is 0 Å². The molecule has 0 atom stereocenters. The number of hydrogen-bond acceptors (Lipinski definition) is 4. The van der Waals surface area contributed by atoms with Gasteiger partial charge in [-0.25, -0.2) is 0 Å². The van der Waals surface area contributed by atoms with Gasteiger partial charge in [0.25, 0.3) is 0 Å². The molecule has 0 aliphatic rings. The molecule has 5 aromatic carbocycles. The second-order valence-corrected chi connectivity index (χ2v) is 12.8. The van der Waals surface area contributed by atoms with Gasteiger partial charge in [-0.1, -0.05) is 117 Å². The van der Waals surface area contributed by atoms with Crippen LogP contribution in [0.5, 0.6) is 0 Å². The maximum absolute atomic E-state index is 9.87. The number of aromatic nitrogens is 2. The van der Waals surface area contributed by atoms with Crippen LogP contribution in [0.1, 0.15) is 31.9 Å². The van der Waals surface area contributed by atoms with Gasteiger partial charge >= 0.3 is 0 Å². The van der Waals surface area contributed by atoms with Gasteiger partial charge in [-0.15, -0.1) is 54.1 Å². The van der Waals surface area contributed by atoms with Crippen LogP contribution in [0.15, 0.2) is 150 Å². The van der Waals surface area contributed by atoms with Crippen LogP contribution >= 0.6 is 0 Å². The Hall–Kier alpha value is -5.66. The molecule has 0 fully saturated rings. The largest absolute Gasteiger partial charge is 0.500 e. The Labute approximate surface area is 306 Å². The van der Waals surface area contributed by atoms with E-state index in [1.165, 1.54) is 5.56 Å². The first-order valence-corrected chi connectivity index (χ1v) is 16.2. The van der Waals surface area contributed by atoms with Gasteiger partial charge in [0.15, 0.2) is 0 Å². The van der Waals surface area contributed by atoms with Crippen molar-refractivity contribution in [1.29, 1.82) is 5.26 Å². The SMILES string of the molecule is CC(C)(C)c1ccc(-c2[c-]cccc2)nc1.N#Cc1ccc2c(oc3c(-c4ccccn4)[c-]ccc32)c1-c1ccc(-c2ccccc2)cc1.[Ir]. The summed E-state index contributed by atoms with van der Waals surface area (Å²) in [5.74, 6) is 0. The molecule has 3 aromatic heterocycles. The van der Waals surface area contributed by atoms with Crippen LogP contribution in [0, 0.1) is 23.5 Å². The molecule has 0 aliphatic heterocycles. The van der Waals surface area contributed by atoms with Gasteiger partial charge in [0.05, 0.1) is 17.2 Å². The third-order valence-electron chi connectivity index (χ3n) is 8.54. The van der Waals surface area contributed by atoms with Crippen LogP contribution in [0.25, 0.3) is 66.7 Å². The predicted octanol–water partition coefficient (Wildman–Crippen LogP) is 11.5. The summed E-state index contributed by atoms with van der Waals surface area (Å²) in [7, 11) is 0. The third-order valence-corrected chi connectivity index (χ3v) is 8.54. The van der Waals surface area contributed by atoms with E-state index in [9.17, 15) is 5.26 Å². The first kappa shape index (κ1) is 34.2. The van der Waals surface area contributed by atoms with E-state index in [-0.39, 0.29) is 25.5 Å². The molecule has 50 heavy (non-hydrogen) atoms. The summed E-state index contributed by atoms with van der Waals surface area (Å²) in [5, 5.41) is 11.8. The van der Waals surface area contributed by atoms with Crippen molar-refractivity contribution in [2.45, 2.75) is 26.2 Å². The molecule has 1 radical (unpaired) electrons. The fraction of sp³-hybridized carbons (Fsp3) is 0.0889. The van der Waals surface area contributed by atoms with E-state index >= 15 is 0 Å². The minimum absolute atomic E-state index is 0. The molecule has 0 amide bonds. The molecule has 8 rings (SSSR count). The van der Waals surface area contributed by atoms with E-state index in [0.29, 0.717) is 11.1 Å². The molecule has 0 unspecified atom stereocenters. The van der Waals surface area contributed by atoms with E-state index in [4.69, 9.17) is 4.42 Å². The molecule has 0 saturated carbocycles. The molecule has 245 valence electrons. The molecule has 0 N–H and O–H groups in total. The molecule has 4 nitrogen and oxygen atoms in total.